The minimum atomic E-state index is -2.75. The van der Waals surface area contributed by atoms with Crippen molar-refractivity contribution >= 4 is 77.5 Å². The molecule has 5 rings (SSSR count). The molecule has 3 aromatic rings. The Hall–Kier alpha value is -5.29. The number of piperidine rings is 2. The van der Waals surface area contributed by atoms with Crippen LogP contribution in [-0.4, -0.2) is 115 Å². The van der Waals surface area contributed by atoms with Crippen molar-refractivity contribution in [3.63, 3.8) is 0 Å². The molecule has 0 aromatic heterocycles. The van der Waals surface area contributed by atoms with Crippen LogP contribution in [0, 0.1) is 3.57 Å². The second kappa shape index (κ2) is 29.7. The van der Waals surface area contributed by atoms with E-state index in [-0.39, 0.29) is 35.9 Å². The Balaban J connectivity index is 0.000000335. The summed E-state index contributed by atoms with van der Waals surface area (Å²) in [5, 5.41) is -0.0286. The second-order valence-corrected chi connectivity index (χ2v) is 25.2. The van der Waals surface area contributed by atoms with E-state index in [2.05, 4.69) is 9.10 Å². The number of amides is 4. The summed E-state index contributed by atoms with van der Waals surface area (Å²) in [6, 6.07) is 27.7. The third kappa shape index (κ3) is 26.3. The molecule has 2 N–H and O–H groups in total. The molecule has 2 aliphatic rings. The molecule has 2 fully saturated rings. The van der Waals surface area contributed by atoms with E-state index < -0.39 is 76.5 Å². The molecule has 0 saturated carbocycles. The summed E-state index contributed by atoms with van der Waals surface area (Å²) in [4.78, 5) is 70.9. The third-order valence-corrected chi connectivity index (χ3v) is 16.6. The smallest absolute Gasteiger partial charge is 0.442 e. The summed E-state index contributed by atoms with van der Waals surface area (Å²) in [5.74, 6) is -0.851. The van der Waals surface area contributed by atoms with E-state index in [1.54, 1.807) is 28.2 Å². The van der Waals surface area contributed by atoms with E-state index in [4.69, 9.17) is 26.1 Å². The maximum absolute atomic E-state index is 12.9. The summed E-state index contributed by atoms with van der Waals surface area (Å²) < 4.78 is 59.1. The average molecular weight is 1120 g/mol. The average Bonchev–Trinajstić information content (AvgIpc) is 3.27. The van der Waals surface area contributed by atoms with Crippen molar-refractivity contribution in [1.82, 2.24) is 9.80 Å². The van der Waals surface area contributed by atoms with Crippen LogP contribution in [0.15, 0.2) is 95.4 Å². The Kier molecular flexibility index (Phi) is 25.7. The van der Waals surface area contributed by atoms with Crippen LogP contribution in [-0.2, 0) is 68.4 Å². The molecule has 0 bridgehead atoms. The molecular weight excluding hydrogens is 1050 g/mol. The predicted molar refractivity (Wildman–Crippen MR) is 272 cm³/mol. The largest absolute Gasteiger partial charge is 0.445 e. The molecule has 0 aliphatic carbocycles. The van der Waals surface area contributed by atoms with Crippen molar-refractivity contribution < 1.29 is 62.3 Å². The van der Waals surface area contributed by atoms with Gasteiger partial charge in [-0.15, -0.1) is 4.36 Å². The first-order chi connectivity index (χ1) is 32.2. The Morgan fingerprint density at radius 3 is 1.41 bits per heavy atom. The summed E-state index contributed by atoms with van der Waals surface area (Å²) in [7, 11) is -3.53. The fourth-order valence-corrected chi connectivity index (χ4v) is 11.2. The van der Waals surface area contributed by atoms with Crippen LogP contribution < -0.4 is 5.73 Å². The van der Waals surface area contributed by atoms with Crippen LogP contribution in [0.4, 0.5) is 19.2 Å². The van der Waals surface area contributed by atoms with Crippen molar-refractivity contribution in [1.29, 1.82) is 0 Å². The number of likely N-dealkylation sites (tertiary alicyclic amines) is 2. The number of hydrogen-bond acceptors (Lipinski definition) is 14. The van der Waals surface area contributed by atoms with Gasteiger partial charge in [-0.2, -0.15) is 0 Å². The number of carbonyl (C=O) groups is 6. The van der Waals surface area contributed by atoms with Gasteiger partial charge in [0.15, 0.2) is 0 Å². The van der Waals surface area contributed by atoms with Crippen molar-refractivity contribution in [2.75, 3.05) is 38.7 Å². The van der Waals surface area contributed by atoms with E-state index in [0.717, 1.165) is 27.5 Å². The van der Waals surface area contributed by atoms with Gasteiger partial charge < -0.3 is 34.5 Å². The Bertz CT molecular complexity index is 2220. The standard InChI is InChI=1S/C19H28N2O5S.C11H21NO3S.C10H11IO4.C8H9NO2/c1-19(2,3)26-18(23)21-12-10-16(11-13-21)27(4,24)20-17(22)25-14-15-8-6-5-7-9-15;1-11(2,3)15-10(13)12-7-5-9(6-8-12)16(4)14;1-8(12)14-11(15-9(2)13)10-6-4-3-5-7-10;9-8(10)11-6-7-4-2-1-3-5-7/h5-9,16H,10-14H2,1-4H3;9H,5-8H2,1-4H3;3-7H,1-2H3;1-5H,6H2,(H2,9,10). The number of benzene rings is 3. The molecule has 18 nitrogen and oxygen atoms in total. The molecule has 21 heteroatoms. The van der Waals surface area contributed by atoms with Gasteiger partial charge in [-0.3, -0.25) is 4.21 Å². The fraction of sp³-hybridized carbons (Fsp3) is 0.500. The molecule has 3 aromatic carbocycles. The Morgan fingerprint density at radius 2 is 1.04 bits per heavy atom. The topological polar surface area (TPSA) is 237 Å². The van der Waals surface area contributed by atoms with Gasteiger partial charge in [-0.25, -0.2) is 23.4 Å². The van der Waals surface area contributed by atoms with E-state index in [1.807, 2.05) is 120 Å². The van der Waals surface area contributed by atoms with Gasteiger partial charge in [0.25, 0.3) is 0 Å². The predicted octanol–water partition coefficient (Wildman–Crippen LogP) is 9.19. The zero-order valence-corrected chi connectivity index (χ0v) is 45.0. The number of nitrogens with two attached hydrogens (primary N) is 1. The monoisotopic (exact) mass is 1120 g/mol. The molecule has 2 unspecified atom stereocenters. The van der Waals surface area contributed by atoms with E-state index in [1.165, 1.54) is 20.1 Å². The molecule has 2 atom stereocenters. The number of hydrogen-bond donors (Lipinski definition) is 1. The number of primary amides is 1. The fourth-order valence-electron chi connectivity index (χ4n) is 6.02. The molecule has 0 spiro atoms. The first-order valence-corrected chi connectivity index (χ1v) is 28.5. The molecule has 4 amide bonds. The van der Waals surface area contributed by atoms with Crippen molar-refractivity contribution in [3.05, 3.63) is 106 Å². The Morgan fingerprint density at radius 1 is 0.667 bits per heavy atom. The first kappa shape index (κ1) is 59.8. The molecule has 2 saturated heterocycles. The molecule has 69 heavy (non-hydrogen) atoms. The summed E-state index contributed by atoms with van der Waals surface area (Å²) in [6.45, 7) is 16.1. The van der Waals surface area contributed by atoms with Crippen LogP contribution in [0.5, 0.6) is 0 Å². The SMILES string of the molecule is CC(=O)OI(OC(C)=O)c1ccccc1.CC(C)(C)OC(=O)N1CCC(S(C)(=O)=NC(=O)OCc2ccccc2)CC1.CS(=O)C1CCN(C(=O)OC(C)(C)C)CC1.NC(=O)OCc1ccccc1. The van der Waals surface area contributed by atoms with Crippen molar-refractivity contribution in [2.45, 2.75) is 116 Å². The molecule has 2 aliphatic heterocycles. The summed E-state index contributed by atoms with van der Waals surface area (Å²) >= 11 is -2.59. The third-order valence-electron chi connectivity index (χ3n) is 9.23. The van der Waals surface area contributed by atoms with Gasteiger partial charge in [0.1, 0.15) is 24.4 Å². The minimum absolute atomic E-state index is 0.0930. The summed E-state index contributed by atoms with van der Waals surface area (Å²) in [5.41, 5.74) is 5.56. The van der Waals surface area contributed by atoms with E-state index in [9.17, 15) is 37.2 Å². The van der Waals surface area contributed by atoms with Crippen LogP contribution in [0.25, 0.3) is 0 Å². The van der Waals surface area contributed by atoms with Crippen LogP contribution >= 0.6 is 20.6 Å². The minimum Gasteiger partial charge on any atom is -0.445 e. The molecule has 2 heterocycles. The zero-order chi connectivity index (χ0) is 51.8. The number of rotatable bonds is 9. The quantitative estimate of drug-likeness (QED) is 0.155. The van der Waals surface area contributed by atoms with Crippen molar-refractivity contribution in [2.24, 2.45) is 10.1 Å². The number of carbonyl (C=O) groups excluding carboxylic acids is 6. The number of nitrogens with zero attached hydrogens (tertiary/aromatic N) is 3. The normalized spacial score (nSPS) is 15.4. The second-order valence-electron chi connectivity index (χ2n) is 17.6. The maximum atomic E-state index is 12.9. The van der Waals surface area contributed by atoms with Gasteiger partial charge in [0.2, 0.25) is 0 Å². The van der Waals surface area contributed by atoms with E-state index >= 15 is 0 Å². The van der Waals surface area contributed by atoms with E-state index in [0.29, 0.717) is 39.0 Å². The number of halogens is 1. The van der Waals surface area contributed by atoms with Gasteiger partial charge in [0.05, 0.1) is 9.73 Å². The van der Waals surface area contributed by atoms with Crippen LogP contribution in [0.2, 0.25) is 0 Å². The van der Waals surface area contributed by atoms with Gasteiger partial charge >= 0.3 is 120 Å². The van der Waals surface area contributed by atoms with Crippen LogP contribution in [0.1, 0.15) is 92.2 Å². The first-order valence-electron chi connectivity index (χ1n) is 22.0. The molecular formula is C48H69IN4O14S2. The maximum Gasteiger partial charge on any atom is 0.442 e. The number of ether oxygens (including phenoxy) is 4. The van der Waals surface area contributed by atoms with Gasteiger partial charge in [-0.1, -0.05) is 60.7 Å². The molecule has 384 valence electrons. The molecule has 0 radical (unpaired) electrons. The van der Waals surface area contributed by atoms with Crippen molar-refractivity contribution in [3.8, 4) is 0 Å². The zero-order valence-electron chi connectivity index (χ0n) is 41.2. The van der Waals surface area contributed by atoms with Crippen LogP contribution in [0.3, 0.4) is 0 Å². The van der Waals surface area contributed by atoms with Gasteiger partial charge in [0, 0.05) is 60.0 Å². The van der Waals surface area contributed by atoms with Gasteiger partial charge in [-0.05, 0) is 78.4 Å². The Labute approximate surface area is 417 Å². The summed E-state index contributed by atoms with van der Waals surface area (Å²) in [6.07, 6.45) is 3.64.